The van der Waals surface area contributed by atoms with Crippen molar-refractivity contribution in [1.82, 2.24) is 4.98 Å². The molecule has 1 unspecified atom stereocenters. The van der Waals surface area contributed by atoms with Gasteiger partial charge in [0.15, 0.2) is 11.6 Å². The fraction of sp³-hybridized carbons (Fsp3) is 0.214. The first kappa shape index (κ1) is 17.1. The zero-order valence-electron chi connectivity index (χ0n) is 12.1. The van der Waals surface area contributed by atoms with Crippen LogP contribution in [-0.2, 0) is 10.0 Å². The summed E-state index contributed by atoms with van der Waals surface area (Å²) < 4.78 is 52.4. The molecule has 124 valence electrons. The Morgan fingerprint density at radius 1 is 1.22 bits per heavy atom. The third kappa shape index (κ3) is 4.36. The molecule has 23 heavy (non-hydrogen) atoms. The molecule has 2 aromatic rings. The lowest BCUT2D eigenvalue weighted by Gasteiger charge is -2.12. The number of hydrogen-bond acceptors (Lipinski definition) is 5. The van der Waals surface area contributed by atoms with Crippen LogP contribution in [0.5, 0.6) is 0 Å². The van der Waals surface area contributed by atoms with Gasteiger partial charge in [-0.05, 0) is 31.2 Å². The van der Waals surface area contributed by atoms with Gasteiger partial charge in [0.25, 0.3) is 10.0 Å². The highest BCUT2D eigenvalue weighted by Crippen LogP contribution is 2.18. The summed E-state index contributed by atoms with van der Waals surface area (Å²) in [5, 5.41) is 11.8. The highest BCUT2D eigenvalue weighted by Gasteiger charge is 2.16. The van der Waals surface area contributed by atoms with E-state index in [0.29, 0.717) is 5.82 Å². The molecule has 9 heteroatoms. The minimum absolute atomic E-state index is 0.0972. The van der Waals surface area contributed by atoms with Crippen LogP contribution in [0.1, 0.15) is 6.92 Å². The summed E-state index contributed by atoms with van der Waals surface area (Å²) in [6.07, 6.45) is 1.12. The van der Waals surface area contributed by atoms with Crippen molar-refractivity contribution in [3.63, 3.8) is 0 Å². The van der Waals surface area contributed by atoms with Crippen LogP contribution < -0.4 is 10.0 Å². The van der Waals surface area contributed by atoms with Crippen LogP contribution in [0.4, 0.5) is 20.3 Å². The lowest BCUT2D eigenvalue weighted by molar-refractivity contribution is 0.281. The molecule has 0 amide bonds. The zero-order valence-corrected chi connectivity index (χ0v) is 12.9. The number of benzene rings is 1. The molecule has 6 nitrogen and oxygen atoms in total. The number of sulfonamides is 1. The van der Waals surface area contributed by atoms with Gasteiger partial charge in [-0.15, -0.1) is 0 Å². The molecule has 2 rings (SSSR count). The second-order valence-electron chi connectivity index (χ2n) is 4.84. The van der Waals surface area contributed by atoms with Gasteiger partial charge in [-0.25, -0.2) is 22.2 Å². The topological polar surface area (TPSA) is 91.3 Å². The maximum absolute atomic E-state index is 13.1. The molecule has 0 aliphatic heterocycles. The molecule has 0 bridgehead atoms. The van der Waals surface area contributed by atoms with E-state index < -0.39 is 21.7 Å². The Bertz CT molecular complexity index is 782. The predicted molar refractivity (Wildman–Crippen MR) is 81.6 cm³/mol. The first-order valence-electron chi connectivity index (χ1n) is 6.63. The monoisotopic (exact) mass is 343 g/mol. The van der Waals surface area contributed by atoms with Crippen molar-refractivity contribution >= 4 is 21.5 Å². The maximum Gasteiger partial charge on any atom is 0.263 e. The molecule has 1 heterocycles. The molecule has 1 aromatic heterocycles. The van der Waals surface area contributed by atoms with Crippen LogP contribution in [0.2, 0.25) is 0 Å². The lowest BCUT2D eigenvalue weighted by atomic mass is 10.3. The number of aromatic nitrogens is 1. The third-order valence-electron chi connectivity index (χ3n) is 2.89. The van der Waals surface area contributed by atoms with Crippen LogP contribution in [-0.4, -0.2) is 31.2 Å². The first-order valence-corrected chi connectivity index (χ1v) is 8.11. The van der Waals surface area contributed by atoms with E-state index in [-0.39, 0.29) is 23.2 Å². The van der Waals surface area contributed by atoms with E-state index in [0.717, 1.165) is 24.4 Å². The normalized spacial score (nSPS) is 12.7. The number of aliphatic hydroxyl groups is 1. The van der Waals surface area contributed by atoms with E-state index in [4.69, 9.17) is 5.11 Å². The number of aliphatic hydroxyl groups excluding tert-OH is 1. The Kier molecular flexibility index (Phi) is 5.12. The molecule has 1 atom stereocenters. The van der Waals surface area contributed by atoms with Crippen LogP contribution in [0.3, 0.4) is 0 Å². The second kappa shape index (κ2) is 6.88. The minimum Gasteiger partial charge on any atom is -0.394 e. The summed E-state index contributed by atoms with van der Waals surface area (Å²) in [6.45, 7) is 1.64. The van der Waals surface area contributed by atoms with Crippen molar-refractivity contribution in [3.05, 3.63) is 48.2 Å². The van der Waals surface area contributed by atoms with Gasteiger partial charge in [0.05, 0.1) is 12.3 Å². The Balaban J connectivity index is 2.17. The van der Waals surface area contributed by atoms with Crippen molar-refractivity contribution in [2.45, 2.75) is 17.9 Å². The predicted octanol–water partition coefficient (Wildman–Crippen LogP) is 1.95. The summed E-state index contributed by atoms with van der Waals surface area (Å²) >= 11 is 0. The Hall–Kier alpha value is -2.26. The van der Waals surface area contributed by atoms with Gasteiger partial charge >= 0.3 is 0 Å². The van der Waals surface area contributed by atoms with Gasteiger partial charge in [-0.2, -0.15) is 0 Å². The number of anilines is 2. The number of pyridine rings is 1. The highest BCUT2D eigenvalue weighted by molar-refractivity contribution is 7.92. The van der Waals surface area contributed by atoms with Crippen molar-refractivity contribution < 1.29 is 22.3 Å². The van der Waals surface area contributed by atoms with Crippen LogP contribution in [0.15, 0.2) is 41.4 Å². The van der Waals surface area contributed by atoms with E-state index in [1.54, 1.807) is 6.92 Å². The molecule has 0 saturated heterocycles. The van der Waals surface area contributed by atoms with Gasteiger partial charge < -0.3 is 10.4 Å². The number of halogens is 2. The van der Waals surface area contributed by atoms with E-state index in [2.05, 4.69) is 15.0 Å². The van der Waals surface area contributed by atoms with E-state index >= 15 is 0 Å². The van der Waals surface area contributed by atoms with Gasteiger partial charge in [0, 0.05) is 18.3 Å². The first-order chi connectivity index (χ1) is 10.8. The van der Waals surface area contributed by atoms with Gasteiger partial charge in [-0.3, -0.25) is 4.72 Å². The van der Waals surface area contributed by atoms with Gasteiger partial charge in [-0.1, -0.05) is 0 Å². The van der Waals surface area contributed by atoms with Crippen molar-refractivity contribution in [1.29, 1.82) is 0 Å². The molecular weight excluding hydrogens is 328 g/mol. The number of rotatable bonds is 6. The maximum atomic E-state index is 13.1. The molecular formula is C14H15F2N3O3S. The lowest BCUT2D eigenvalue weighted by Crippen LogP contribution is -2.20. The largest absolute Gasteiger partial charge is 0.394 e. The highest BCUT2D eigenvalue weighted by atomic mass is 32.2. The SMILES string of the molecule is CC(CO)Nc1ccc(S(=O)(=O)Nc2ccc(F)c(F)c2)cn1. The minimum atomic E-state index is -3.97. The molecule has 0 saturated carbocycles. The number of nitrogens with one attached hydrogen (secondary N) is 2. The third-order valence-corrected chi connectivity index (χ3v) is 4.25. The van der Waals surface area contributed by atoms with Gasteiger partial charge in [0.1, 0.15) is 10.7 Å². The van der Waals surface area contributed by atoms with Crippen molar-refractivity contribution in [2.75, 3.05) is 16.6 Å². The number of hydrogen-bond donors (Lipinski definition) is 3. The van der Waals surface area contributed by atoms with E-state index in [1.807, 2.05) is 0 Å². The molecule has 0 aliphatic carbocycles. The molecule has 0 fully saturated rings. The fourth-order valence-corrected chi connectivity index (χ4v) is 2.69. The quantitative estimate of drug-likeness (QED) is 0.746. The second-order valence-corrected chi connectivity index (χ2v) is 6.52. The van der Waals surface area contributed by atoms with Crippen LogP contribution in [0, 0.1) is 11.6 Å². The average Bonchev–Trinajstić information content (AvgIpc) is 2.51. The van der Waals surface area contributed by atoms with Gasteiger partial charge in [0.2, 0.25) is 0 Å². The smallest absolute Gasteiger partial charge is 0.263 e. The Labute approximate surface area is 132 Å². The Morgan fingerprint density at radius 3 is 2.52 bits per heavy atom. The van der Waals surface area contributed by atoms with E-state index in [9.17, 15) is 17.2 Å². The summed E-state index contributed by atoms with van der Waals surface area (Å²) in [7, 11) is -3.97. The summed E-state index contributed by atoms with van der Waals surface area (Å²) in [4.78, 5) is 3.80. The fourth-order valence-electron chi connectivity index (χ4n) is 1.70. The summed E-state index contributed by atoms with van der Waals surface area (Å²) in [5.74, 6) is -1.82. The standard InChI is InChI=1S/C14H15F2N3O3S/c1-9(8-20)18-14-5-3-11(7-17-14)23(21,22)19-10-2-4-12(15)13(16)6-10/h2-7,9,19-20H,8H2,1H3,(H,17,18). The molecule has 3 N–H and O–H groups in total. The Morgan fingerprint density at radius 2 is 1.96 bits per heavy atom. The van der Waals surface area contributed by atoms with Crippen LogP contribution in [0.25, 0.3) is 0 Å². The molecule has 0 spiro atoms. The molecule has 0 radical (unpaired) electrons. The summed E-state index contributed by atoms with van der Waals surface area (Å²) in [6, 6.07) is 5.20. The van der Waals surface area contributed by atoms with Crippen molar-refractivity contribution in [2.24, 2.45) is 0 Å². The molecule has 1 aromatic carbocycles. The molecule has 0 aliphatic rings. The van der Waals surface area contributed by atoms with Crippen LogP contribution >= 0.6 is 0 Å². The van der Waals surface area contributed by atoms with E-state index in [1.165, 1.54) is 12.1 Å². The average molecular weight is 343 g/mol. The zero-order chi connectivity index (χ0) is 17.0. The number of nitrogens with zero attached hydrogens (tertiary/aromatic N) is 1. The van der Waals surface area contributed by atoms with Crippen molar-refractivity contribution in [3.8, 4) is 0 Å². The summed E-state index contributed by atoms with van der Waals surface area (Å²) in [5.41, 5.74) is -0.0972.